The Morgan fingerprint density at radius 3 is 2.00 bits per heavy atom. The summed E-state index contributed by atoms with van der Waals surface area (Å²) < 4.78 is 0. The Kier molecular flexibility index (Phi) is 6.76. The quantitative estimate of drug-likeness (QED) is 0.593. The van der Waals surface area contributed by atoms with E-state index in [1.165, 1.54) is 4.90 Å². The van der Waals surface area contributed by atoms with E-state index in [-0.39, 0.29) is 19.0 Å². The fraction of sp³-hybridized carbons (Fsp3) is 0.800. The fourth-order valence-electron chi connectivity index (χ4n) is 0.462. The molecule has 4 nitrogen and oxygen atoms in total. The van der Waals surface area contributed by atoms with Crippen LogP contribution in [-0.4, -0.2) is 47.8 Å². The summed E-state index contributed by atoms with van der Waals surface area (Å²) in [5.41, 5.74) is 0. The van der Waals surface area contributed by atoms with Gasteiger partial charge in [0.1, 0.15) is 6.04 Å². The Bertz CT molecular complexity index is 107. The van der Waals surface area contributed by atoms with Crippen molar-refractivity contribution in [3.05, 3.63) is 0 Å². The van der Waals surface area contributed by atoms with Gasteiger partial charge in [-0.25, -0.2) is 0 Å². The zero-order chi connectivity index (χ0) is 7.44. The number of hydrogen-bond donors (Lipinski definition) is 2. The molecule has 0 spiro atoms. The Morgan fingerprint density at radius 1 is 1.60 bits per heavy atom. The van der Waals surface area contributed by atoms with Crippen LogP contribution in [0.25, 0.3) is 0 Å². The van der Waals surface area contributed by atoms with Gasteiger partial charge in [0, 0.05) is 0 Å². The minimum absolute atomic E-state index is 0. The molecule has 5 heteroatoms. The first-order chi connectivity index (χ1) is 4.09. The van der Waals surface area contributed by atoms with E-state index in [9.17, 15) is 4.79 Å². The summed E-state index contributed by atoms with van der Waals surface area (Å²) in [7, 11) is 3.21. The molecular formula is C5H12ClNO3. The molecule has 0 unspecified atom stereocenters. The molecule has 0 aromatic rings. The maximum Gasteiger partial charge on any atom is 0.323 e. The van der Waals surface area contributed by atoms with Crippen molar-refractivity contribution in [3.8, 4) is 0 Å². The Hall–Kier alpha value is -0.320. The van der Waals surface area contributed by atoms with Crippen LogP contribution in [0.15, 0.2) is 0 Å². The highest BCUT2D eigenvalue weighted by Gasteiger charge is 2.17. The third kappa shape index (κ3) is 3.66. The van der Waals surface area contributed by atoms with Crippen molar-refractivity contribution in [2.75, 3.05) is 20.7 Å². The molecule has 0 saturated heterocycles. The average molecular weight is 170 g/mol. The molecule has 0 aliphatic rings. The number of aliphatic hydroxyl groups is 1. The zero-order valence-corrected chi connectivity index (χ0v) is 6.76. The molecule has 2 N–H and O–H groups in total. The second-order valence-electron chi connectivity index (χ2n) is 2.00. The number of likely N-dealkylation sites (N-methyl/N-ethyl adjacent to an activating group) is 1. The lowest BCUT2D eigenvalue weighted by Crippen LogP contribution is -2.38. The van der Waals surface area contributed by atoms with Crippen molar-refractivity contribution in [2.45, 2.75) is 6.04 Å². The summed E-state index contributed by atoms with van der Waals surface area (Å²) >= 11 is 0. The maximum atomic E-state index is 10.2. The lowest BCUT2D eigenvalue weighted by atomic mass is 10.3. The number of halogens is 1. The van der Waals surface area contributed by atoms with Crippen LogP contribution >= 0.6 is 12.4 Å². The first-order valence-corrected chi connectivity index (χ1v) is 2.59. The van der Waals surface area contributed by atoms with Gasteiger partial charge in [0.15, 0.2) is 0 Å². The first kappa shape index (κ1) is 12.4. The second kappa shape index (κ2) is 5.46. The van der Waals surface area contributed by atoms with Gasteiger partial charge in [-0.3, -0.25) is 9.69 Å². The molecular weight excluding hydrogens is 158 g/mol. The largest absolute Gasteiger partial charge is 0.480 e. The topological polar surface area (TPSA) is 60.8 Å². The van der Waals surface area contributed by atoms with E-state index >= 15 is 0 Å². The van der Waals surface area contributed by atoms with Crippen LogP contribution in [0.5, 0.6) is 0 Å². The number of rotatable bonds is 3. The van der Waals surface area contributed by atoms with Gasteiger partial charge in [-0.15, -0.1) is 12.4 Å². The third-order valence-electron chi connectivity index (χ3n) is 1.08. The number of hydrogen-bond acceptors (Lipinski definition) is 3. The highest BCUT2D eigenvalue weighted by atomic mass is 35.5. The van der Waals surface area contributed by atoms with Gasteiger partial charge in [-0.05, 0) is 14.1 Å². The lowest BCUT2D eigenvalue weighted by molar-refractivity contribution is -0.143. The van der Waals surface area contributed by atoms with Crippen LogP contribution in [0.4, 0.5) is 0 Å². The summed E-state index contributed by atoms with van der Waals surface area (Å²) in [5, 5.41) is 16.8. The van der Waals surface area contributed by atoms with E-state index in [0.29, 0.717) is 0 Å². The molecule has 0 rings (SSSR count). The van der Waals surface area contributed by atoms with Crippen molar-refractivity contribution in [2.24, 2.45) is 0 Å². The molecule has 0 bridgehead atoms. The second-order valence-corrected chi connectivity index (χ2v) is 2.00. The zero-order valence-electron chi connectivity index (χ0n) is 5.94. The molecule has 0 aromatic heterocycles. The summed E-state index contributed by atoms with van der Waals surface area (Å²) in [5.74, 6) is -0.998. The van der Waals surface area contributed by atoms with E-state index in [1.54, 1.807) is 14.1 Å². The molecule has 0 fully saturated rings. The van der Waals surface area contributed by atoms with Crippen LogP contribution in [0, 0.1) is 0 Å². The monoisotopic (exact) mass is 169 g/mol. The Morgan fingerprint density at radius 2 is 2.00 bits per heavy atom. The summed E-state index contributed by atoms with van der Waals surface area (Å²) in [6.45, 7) is -0.345. The van der Waals surface area contributed by atoms with Gasteiger partial charge in [0.25, 0.3) is 0 Å². The number of nitrogens with zero attached hydrogens (tertiary/aromatic N) is 1. The predicted octanol–water partition coefficient (Wildman–Crippen LogP) is -0.585. The minimum Gasteiger partial charge on any atom is -0.480 e. The van der Waals surface area contributed by atoms with E-state index < -0.39 is 12.0 Å². The van der Waals surface area contributed by atoms with Gasteiger partial charge in [-0.1, -0.05) is 0 Å². The van der Waals surface area contributed by atoms with Gasteiger partial charge < -0.3 is 10.2 Å². The number of aliphatic hydroxyl groups excluding tert-OH is 1. The van der Waals surface area contributed by atoms with Crippen molar-refractivity contribution < 1.29 is 15.0 Å². The molecule has 0 aromatic carbocycles. The van der Waals surface area contributed by atoms with Crippen molar-refractivity contribution in [3.63, 3.8) is 0 Å². The summed E-state index contributed by atoms with van der Waals surface area (Å²) in [6.07, 6.45) is 0. The molecule has 0 saturated carbocycles. The van der Waals surface area contributed by atoms with Crippen molar-refractivity contribution >= 4 is 18.4 Å². The summed E-state index contributed by atoms with van der Waals surface area (Å²) in [6, 6.07) is -0.773. The van der Waals surface area contributed by atoms with Crippen molar-refractivity contribution in [1.29, 1.82) is 0 Å². The SMILES string of the molecule is CN(C)[C@@H](CO)C(=O)O.Cl. The minimum atomic E-state index is -0.998. The van der Waals surface area contributed by atoms with E-state index in [4.69, 9.17) is 10.2 Å². The first-order valence-electron chi connectivity index (χ1n) is 2.59. The van der Waals surface area contributed by atoms with Gasteiger partial charge in [0.05, 0.1) is 6.61 Å². The van der Waals surface area contributed by atoms with E-state index in [1.807, 2.05) is 0 Å². The van der Waals surface area contributed by atoms with E-state index in [2.05, 4.69) is 0 Å². The number of carboxylic acids is 1. The third-order valence-corrected chi connectivity index (χ3v) is 1.08. The number of carbonyl (C=O) groups is 1. The fourth-order valence-corrected chi connectivity index (χ4v) is 0.462. The summed E-state index contributed by atoms with van der Waals surface area (Å²) in [4.78, 5) is 11.6. The standard InChI is InChI=1S/C5H11NO3.ClH/c1-6(2)4(3-7)5(8)9;/h4,7H,3H2,1-2H3,(H,8,9);1H/t4-;/m0./s1. The van der Waals surface area contributed by atoms with Gasteiger partial charge in [0.2, 0.25) is 0 Å². The van der Waals surface area contributed by atoms with Crippen LogP contribution in [0.3, 0.4) is 0 Å². The van der Waals surface area contributed by atoms with Crippen LogP contribution in [0.2, 0.25) is 0 Å². The van der Waals surface area contributed by atoms with Gasteiger partial charge in [-0.2, -0.15) is 0 Å². The highest BCUT2D eigenvalue weighted by Crippen LogP contribution is 1.89. The lowest BCUT2D eigenvalue weighted by Gasteiger charge is -2.16. The van der Waals surface area contributed by atoms with Crippen molar-refractivity contribution in [1.82, 2.24) is 4.90 Å². The molecule has 62 valence electrons. The number of carboxylic acid groups (broad SMARTS) is 1. The normalized spacial score (nSPS) is 12.4. The maximum absolute atomic E-state index is 10.2. The Balaban J connectivity index is 0. The molecule has 0 radical (unpaired) electrons. The molecule has 1 atom stereocenters. The Labute approximate surface area is 65.9 Å². The number of aliphatic carboxylic acids is 1. The molecule has 0 heterocycles. The average Bonchev–Trinajstić information content (AvgIpc) is 1.64. The molecule has 0 aliphatic heterocycles. The van der Waals surface area contributed by atoms with Crippen LogP contribution < -0.4 is 0 Å². The molecule has 0 aliphatic carbocycles. The smallest absolute Gasteiger partial charge is 0.323 e. The predicted molar refractivity (Wildman–Crippen MR) is 39.4 cm³/mol. The molecule has 0 amide bonds. The van der Waals surface area contributed by atoms with Gasteiger partial charge >= 0.3 is 5.97 Å². The van der Waals surface area contributed by atoms with E-state index in [0.717, 1.165) is 0 Å². The van der Waals surface area contributed by atoms with Crippen LogP contribution in [0.1, 0.15) is 0 Å². The molecule has 10 heavy (non-hydrogen) atoms. The highest BCUT2D eigenvalue weighted by molar-refractivity contribution is 5.85. The van der Waals surface area contributed by atoms with Crippen LogP contribution in [-0.2, 0) is 4.79 Å².